The van der Waals surface area contributed by atoms with Gasteiger partial charge in [0, 0.05) is 38.1 Å². The van der Waals surface area contributed by atoms with Crippen molar-refractivity contribution in [3.8, 4) is 0 Å². The van der Waals surface area contributed by atoms with Crippen LogP contribution in [0, 0.1) is 6.57 Å². The minimum Gasteiger partial charge on any atom is -0.370 e. The molecule has 1 aromatic carbocycles. The Morgan fingerprint density at radius 2 is 2.08 bits per heavy atom. The highest BCUT2D eigenvalue weighted by molar-refractivity contribution is 5.87. The van der Waals surface area contributed by atoms with Crippen LogP contribution < -0.4 is 9.80 Å². The molecule has 0 spiro atoms. The molecular weight excluding hydrogens is 300 g/mol. The molecule has 0 amide bonds. The number of H-pyrrole nitrogens is 1. The fourth-order valence-electron chi connectivity index (χ4n) is 3.33. The van der Waals surface area contributed by atoms with E-state index in [1.54, 1.807) is 6.33 Å². The van der Waals surface area contributed by atoms with Crippen molar-refractivity contribution in [2.24, 2.45) is 0 Å². The van der Waals surface area contributed by atoms with Gasteiger partial charge in [0.05, 0.1) is 12.0 Å². The molecular formula is C18H18N6. The average molecular weight is 318 g/mol. The normalized spacial score (nSPS) is 17.2. The van der Waals surface area contributed by atoms with Gasteiger partial charge in [0.25, 0.3) is 0 Å². The molecule has 2 aromatic heterocycles. The Morgan fingerprint density at radius 1 is 1.25 bits per heavy atom. The van der Waals surface area contributed by atoms with Gasteiger partial charge in [-0.1, -0.05) is 12.1 Å². The van der Waals surface area contributed by atoms with Crippen LogP contribution >= 0.6 is 0 Å². The molecule has 120 valence electrons. The Labute approximate surface area is 140 Å². The van der Waals surface area contributed by atoms with Crippen LogP contribution in [-0.2, 0) is 0 Å². The summed E-state index contributed by atoms with van der Waals surface area (Å²) in [5.41, 5.74) is 2.70. The number of nitrogens with zero attached hydrogens (tertiary/aromatic N) is 5. The van der Waals surface area contributed by atoms with E-state index in [0.717, 1.165) is 42.0 Å². The summed E-state index contributed by atoms with van der Waals surface area (Å²) in [4.78, 5) is 20.0. The van der Waals surface area contributed by atoms with Gasteiger partial charge in [-0.3, -0.25) is 0 Å². The molecule has 3 heterocycles. The van der Waals surface area contributed by atoms with Gasteiger partial charge in [-0.25, -0.2) is 14.8 Å². The summed E-state index contributed by atoms with van der Waals surface area (Å²) in [5, 5.41) is 1.07. The lowest BCUT2D eigenvalue weighted by molar-refractivity contribution is 0.692. The van der Waals surface area contributed by atoms with Crippen LogP contribution in [0.2, 0.25) is 0 Å². The first-order chi connectivity index (χ1) is 11.8. The summed E-state index contributed by atoms with van der Waals surface area (Å²) in [5.74, 6) is 1.00. The summed E-state index contributed by atoms with van der Waals surface area (Å²) >= 11 is 0. The molecule has 0 radical (unpaired) electrons. The van der Waals surface area contributed by atoms with Crippen molar-refractivity contribution >= 4 is 28.2 Å². The molecule has 6 nitrogen and oxygen atoms in total. The number of rotatable bonds is 3. The van der Waals surface area contributed by atoms with E-state index in [-0.39, 0.29) is 0 Å². The fraction of sp³-hybridized carbons (Fsp3) is 0.278. The fourth-order valence-corrected chi connectivity index (χ4v) is 3.33. The van der Waals surface area contributed by atoms with Crippen LogP contribution in [0.3, 0.4) is 0 Å². The van der Waals surface area contributed by atoms with E-state index in [0.29, 0.717) is 11.7 Å². The van der Waals surface area contributed by atoms with Crippen LogP contribution in [0.4, 0.5) is 17.2 Å². The standard InChI is InChI=1S/C18H18N6/c1-19-13-3-5-14(6-4-13)23(2)15-8-10-24(11-15)18-16-7-9-20-17(16)21-12-22-18/h3-7,9,12,15H,8,10-11H2,2H3,(H,20,21,22)/t15-/m1/s1. The van der Waals surface area contributed by atoms with Crippen molar-refractivity contribution in [1.29, 1.82) is 0 Å². The molecule has 0 aliphatic carbocycles. The second-order valence-electron chi connectivity index (χ2n) is 6.06. The van der Waals surface area contributed by atoms with Crippen molar-refractivity contribution in [3.05, 3.63) is 54.3 Å². The quantitative estimate of drug-likeness (QED) is 0.753. The van der Waals surface area contributed by atoms with E-state index in [1.807, 2.05) is 36.5 Å². The minimum absolute atomic E-state index is 0.424. The molecule has 4 rings (SSSR count). The maximum Gasteiger partial charge on any atom is 0.187 e. The third kappa shape index (κ3) is 2.44. The number of hydrogen-bond acceptors (Lipinski definition) is 4. The van der Waals surface area contributed by atoms with Crippen molar-refractivity contribution in [3.63, 3.8) is 0 Å². The Morgan fingerprint density at radius 3 is 2.88 bits per heavy atom. The largest absolute Gasteiger partial charge is 0.370 e. The summed E-state index contributed by atoms with van der Waals surface area (Å²) in [6, 6.07) is 10.2. The van der Waals surface area contributed by atoms with Crippen LogP contribution in [0.15, 0.2) is 42.9 Å². The Kier molecular flexibility index (Phi) is 3.54. The summed E-state index contributed by atoms with van der Waals surface area (Å²) < 4.78 is 0. The molecule has 1 aliphatic heterocycles. The lowest BCUT2D eigenvalue weighted by Gasteiger charge is -2.27. The number of aromatic amines is 1. The number of likely N-dealkylation sites (N-methyl/N-ethyl adjacent to an activating group) is 1. The summed E-state index contributed by atoms with van der Waals surface area (Å²) in [6.45, 7) is 8.96. The maximum absolute atomic E-state index is 7.05. The lowest BCUT2D eigenvalue weighted by Crippen LogP contribution is -2.34. The molecule has 1 atom stereocenters. The van der Waals surface area contributed by atoms with E-state index in [9.17, 15) is 0 Å². The number of hydrogen-bond donors (Lipinski definition) is 1. The average Bonchev–Trinajstić information content (AvgIpc) is 3.30. The second kappa shape index (κ2) is 5.85. The SMILES string of the molecule is [C-]#[N+]c1ccc(N(C)[C@@H]2CCN(c3ncnc4[nH]ccc34)C2)cc1. The topological polar surface area (TPSA) is 52.4 Å². The third-order valence-corrected chi connectivity index (χ3v) is 4.73. The third-order valence-electron chi connectivity index (χ3n) is 4.73. The highest BCUT2D eigenvalue weighted by atomic mass is 15.3. The molecule has 24 heavy (non-hydrogen) atoms. The van der Waals surface area contributed by atoms with E-state index in [1.165, 1.54) is 0 Å². The second-order valence-corrected chi connectivity index (χ2v) is 6.06. The van der Waals surface area contributed by atoms with Gasteiger partial charge in [-0.05, 0) is 24.6 Å². The van der Waals surface area contributed by atoms with E-state index in [4.69, 9.17) is 6.57 Å². The number of anilines is 2. The monoisotopic (exact) mass is 318 g/mol. The Bertz CT molecular complexity index is 892. The van der Waals surface area contributed by atoms with E-state index >= 15 is 0 Å². The van der Waals surface area contributed by atoms with Crippen LogP contribution in [-0.4, -0.2) is 41.1 Å². The summed E-state index contributed by atoms with van der Waals surface area (Å²) in [7, 11) is 2.12. The predicted octanol–water partition coefficient (Wildman–Crippen LogP) is 3.22. The first kappa shape index (κ1) is 14.5. The molecule has 0 bridgehead atoms. The molecule has 1 N–H and O–H groups in total. The zero-order chi connectivity index (χ0) is 16.5. The van der Waals surface area contributed by atoms with Crippen LogP contribution in [0.5, 0.6) is 0 Å². The van der Waals surface area contributed by atoms with Gasteiger partial charge < -0.3 is 14.8 Å². The van der Waals surface area contributed by atoms with Crippen LogP contribution in [0.1, 0.15) is 6.42 Å². The smallest absolute Gasteiger partial charge is 0.187 e. The zero-order valence-electron chi connectivity index (χ0n) is 13.5. The Hall–Kier alpha value is -3.07. The molecule has 0 unspecified atom stereocenters. The molecule has 0 saturated carbocycles. The van der Waals surface area contributed by atoms with E-state index < -0.39 is 0 Å². The number of aromatic nitrogens is 3. The lowest BCUT2D eigenvalue weighted by atomic mass is 10.2. The first-order valence-corrected chi connectivity index (χ1v) is 7.99. The van der Waals surface area contributed by atoms with Crippen molar-refractivity contribution in [2.45, 2.75) is 12.5 Å². The first-order valence-electron chi connectivity index (χ1n) is 7.99. The van der Waals surface area contributed by atoms with E-state index in [2.05, 4.69) is 36.6 Å². The van der Waals surface area contributed by atoms with Gasteiger partial charge in [-0.15, -0.1) is 0 Å². The van der Waals surface area contributed by atoms with Crippen molar-refractivity contribution in [2.75, 3.05) is 29.9 Å². The molecule has 1 fully saturated rings. The predicted molar refractivity (Wildman–Crippen MR) is 95.6 cm³/mol. The number of fused-ring (bicyclic) bond motifs is 1. The number of nitrogens with one attached hydrogen (secondary N) is 1. The zero-order valence-corrected chi connectivity index (χ0v) is 13.5. The number of benzene rings is 1. The van der Waals surface area contributed by atoms with Crippen molar-refractivity contribution in [1.82, 2.24) is 15.0 Å². The van der Waals surface area contributed by atoms with Crippen LogP contribution in [0.25, 0.3) is 15.9 Å². The van der Waals surface area contributed by atoms with Gasteiger partial charge in [0.2, 0.25) is 0 Å². The minimum atomic E-state index is 0.424. The Balaban J connectivity index is 1.53. The highest BCUT2D eigenvalue weighted by Crippen LogP contribution is 2.29. The molecule has 6 heteroatoms. The summed E-state index contributed by atoms with van der Waals surface area (Å²) in [6.07, 6.45) is 4.60. The molecule has 1 aliphatic rings. The maximum atomic E-state index is 7.05. The van der Waals surface area contributed by atoms with Crippen molar-refractivity contribution < 1.29 is 0 Å². The molecule has 3 aromatic rings. The van der Waals surface area contributed by atoms with Gasteiger partial charge >= 0.3 is 0 Å². The molecule has 1 saturated heterocycles. The van der Waals surface area contributed by atoms with Gasteiger partial charge in [-0.2, -0.15) is 0 Å². The highest BCUT2D eigenvalue weighted by Gasteiger charge is 2.28. The van der Waals surface area contributed by atoms with Gasteiger partial charge in [0.1, 0.15) is 17.8 Å². The van der Waals surface area contributed by atoms with Gasteiger partial charge in [0.15, 0.2) is 5.69 Å².